The number of hydrogen-bond donors (Lipinski definition) is 3. The summed E-state index contributed by atoms with van der Waals surface area (Å²) in [5.74, 6) is -0.700. The van der Waals surface area contributed by atoms with Crippen LogP contribution < -0.4 is 17.0 Å². The van der Waals surface area contributed by atoms with Crippen molar-refractivity contribution in [1.29, 1.82) is 0 Å². The second kappa shape index (κ2) is 2.45. The molecule has 0 saturated carbocycles. The Bertz CT molecular complexity index is 342. The number of hydrogen-bond acceptors (Lipinski definition) is 3. The van der Waals surface area contributed by atoms with Crippen molar-refractivity contribution < 1.29 is 4.79 Å². The van der Waals surface area contributed by atoms with Crippen LogP contribution in [0.25, 0.3) is 0 Å². The molecule has 5 heteroatoms. The van der Waals surface area contributed by atoms with Gasteiger partial charge < -0.3 is 16.5 Å². The van der Waals surface area contributed by atoms with Crippen LogP contribution in [0.4, 0.5) is 5.69 Å². The number of amides is 1. The first-order valence-electron chi connectivity index (χ1n) is 2.89. The zero-order chi connectivity index (χ0) is 8.43. The first kappa shape index (κ1) is 7.33. The summed E-state index contributed by atoms with van der Waals surface area (Å²) >= 11 is 0. The van der Waals surface area contributed by atoms with Gasteiger partial charge in [0.15, 0.2) is 0 Å². The molecular weight excluding hydrogens is 146 g/mol. The monoisotopic (exact) mass is 153 g/mol. The van der Waals surface area contributed by atoms with E-state index in [0.717, 1.165) is 6.07 Å². The maximum absolute atomic E-state index is 10.6. The molecule has 0 saturated heterocycles. The van der Waals surface area contributed by atoms with Crippen LogP contribution in [0.15, 0.2) is 17.1 Å². The van der Waals surface area contributed by atoms with Crippen molar-refractivity contribution in [3.63, 3.8) is 0 Å². The maximum Gasteiger partial charge on any atom is 0.251 e. The van der Waals surface area contributed by atoms with Crippen molar-refractivity contribution in [2.24, 2.45) is 5.73 Å². The summed E-state index contributed by atoms with van der Waals surface area (Å²) in [7, 11) is 0. The van der Waals surface area contributed by atoms with Crippen LogP contribution in [0, 0.1) is 0 Å². The van der Waals surface area contributed by atoms with E-state index in [0.29, 0.717) is 0 Å². The topological polar surface area (TPSA) is 102 Å². The van der Waals surface area contributed by atoms with E-state index < -0.39 is 11.5 Å². The van der Waals surface area contributed by atoms with Crippen molar-refractivity contribution in [3.05, 3.63) is 28.2 Å². The lowest BCUT2D eigenvalue weighted by molar-refractivity contribution is 0.100. The van der Waals surface area contributed by atoms with E-state index >= 15 is 0 Å². The number of anilines is 1. The molecule has 1 heterocycles. The van der Waals surface area contributed by atoms with E-state index in [1.807, 2.05) is 0 Å². The molecule has 0 aromatic carbocycles. The Balaban J connectivity index is 3.35. The van der Waals surface area contributed by atoms with Gasteiger partial charge in [-0.25, -0.2) is 0 Å². The van der Waals surface area contributed by atoms with Gasteiger partial charge in [0.25, 0.3) is 5.91 Å². The Morgan fingerprint density at radius 2 is 2.18 bits per heavy atom. The third-order valence-electron chi connectivity index (χ3n) is 1.22. The number of carbonyl (C=O) groups excluding carboxylic acids is 1. The SMILES string of the molecule is NC(=O)c1cc(=O)[nH]cc1N. The number of carbonyl (C=O) groups is 1. The van der Waals surface area contributed by atoms with E-state index in [-0.39, 0.29) is 11.3 Å². The van der Waals surface area contributed by atoms with Crippen LogP contribution in [0.2, 0.25) is 0 Å². The second-order valence-corrected chi connectivity index (χ2v) is 2.03. The number of nitrogen functional groups attached to an aromatic ring is 1. The minimum atomic E-state index is -0.700. The lowest BCUT2D eigenvalue weighted by Crippen LogP contribution is -2.17. The quantitative estimate of drug-likeness (QED) is 0.485. The highest BCUT2D eigenvalue weighted by atomic mass is 16.1. The molecule has 1 aromatic heterocycles. The van der Waals surface area contributed by atoms with E-state index in [1.54, 1.807) is 0 Å². The summed E-state index contributed by atoms with van der Waals surface area (Å²) in [6.07, 6.45) is 1.24. The molecule has 5 N–H and O–H groups in total. The van der Waals surface area contributed by atoms with Crippen LogP contribution in [0.1, 0.15) is 10.4 Å². The largest absolute Gasteiger partial charge is 0.397 e. The molecule has 0 fully saturated rings. The zero-order valence-corrected chi connectivity index (χ0v) is 5.63. The number of aromatic amines is 1. The molecule has 0 radical (unpaired) electrons. The molecule has 1 aromatic rings. The van der Waals surface area contributed by atoms with Crippen molar-refractivity contribution in [2.75, 3.05) is 5.73 Å². The average molecular weight is 153 g/mol. The van der Waals surface area contributed by atoms with Gasteiger partial charge in [-0.1, -0.05) is 0 Å². The third-order valence-corrected chi connectivity index (χ3v) is 1.22. The standard InChI is InChI=1S/C6H7N3O2/c7-4-2-9-5(10)1-3(4)6(8)11/h1-2H,7H2,(H2,8,11)(H,9,10). The Morgan fingerprint density at radius 3 is 2.64 bits per heavy atom. The third kappa shape index (κ3) is 1.37. The van der Waals surface area contributed by atoms with E-state index in [1.165, 1.54) is 6.20 Å². The van der Waals surface area contributed by atoms with Crippen LogP contribution in [0.5, 0.6) is 0 Å². The molecule has 5 nitrogen and oxygen atoms in total. The summed E-state index contributed by atoms with van der Waals surface area (Å²) in [6.45, 7) is 0. The molecule has 0 aliphatic carbocycles. The smallest absolute Gasteiger partial charge is 0.251 e. The van der Waals surface area contributed by atoms with Crippen LogP contribution in [0.3, 0.4) is 0 Å². The lowest BCUT2D eigenvalue weighted by Gasteiger charge is -1.97. The Labute approximate surface area is 62.0 Å². The van der Waals surface area contributed by atoms with Gasteiger partial charge in [0, 0.05) is 12.3 Å². The number of pyridine rings is 1. The maximum atomic E-state index is 10.6. The Hall–Kier alpha value is -1.78. The molecule has 0 aliphatic rings. The van der Waals surface area contributed by atoms with Gasteiger partial charge in [-0.05, 0) is 0 Å². The van der Waals surface area contributed by atoms with E-state index in [4.69, 9.17) is 11.5 Å². The Morgan fingerprint density at radius 1 is 1.55 bits per heavy atom. The van der Waals surface area contributed by atoms with Crippen molar-refractivity contribution in [1.82, 2.24) is 4.98 Å². The first-order valence-corrected chi connectivity index (χ1v) is 2.89. The lowest BCUT2D eigenvalue weighted by atomic mass is 10.2. The average Bonchev–Trinajstić information content (AvgIpc) is 1.94. The minimum absolute atomic E-state index is 0.0498. The minimum Gasteiger partial charge on any atom is -0.397 e. The molecule has 0 bridgehead atoms. The molecular formula is C6H7N3O2. The van der Waals surface area contributed by atoms with Crippen LogP contribution in [-0.2, 0) is 0 Å². The fraction of sp³-hybridized carbons (Fsp3) is 0. The van der Waals surface area contributed by atoms with Gasteiger partial charge >= 0.3 is 0 Å². The van der Waals surface area contributed by atoms with E-state index in [2.05, 4.69) is 4.98 Å². The molecule has 0 spiro atoms. The molecule has 0 aliphatic heterocycles. The predicted molar refractivity (Wildman–Crippen MR) is 40.0 cm³/mol. The summed E-state index contributed by atoms with van der Waals surface area (Å²) in [6, 6.07) is 1.07. The molecule has 58 valence electrons. The second-order valence-electron chi connectivity index (χ2n) is 2.03. The van der Waals surface area contributed by atoms with Crippen LogP contribution >= 0.6 is 0 Å². The summed E-state index contributed by atoms with van der Waals surface area (Å²) < 4.78 is 0. The van der Waals surface area contributed by atoms with Gasteiger partial charge in [-0.2, -0.15) is 0 Å². The zero-order valence-electron chi connectivity index (χ0n) is 5.63. The highest BCUT2D eigenvalue weighted by Gasteiger charge is 2.04. The van der Waals surface area contributed by atoms with E-state index in [9.17, 15) is 9.59 Å². The Kier molecular flexibility index (Phi) is 1.63. The summed E-state index contributed by atoms with van der Waals surface area (Å²) in [5.41, 5.74) is 10.1. The van der Waals surface area contributed by atoms with Gasteiger partial charge in [0.05, 0.1) is 11.3 Å². The first-order chi connectivity index (χ1) is 5.11. The number of primary amides is 1. The molecule has 0 atom stereocenters. The fourth-order valence-electron chi connectivity index (χ4n) is 0.696. The van der Waals surface area contributed by atoms with Gasteiger partial charge in [0.1, 0.15) is 0 Å². The molecule has 1 amide bonds. The van der Waals surface area contributed by atoms with Crippen molar-refractivity contribution >= 4 is 11.6 Å². The fourth-order valence-corrected chi connectivity index (χ4v) is 0.696. The highest BCUT2D eigenvalue weighted by Crippen LogP contribution is 2.03. The predicted octanol–water partition coefficient (Wildman–Crippen LogP) is -0.944. The number of nitrogens with one attached hydrogen (secondary N) is 1. The van der Waals surface area contributed by atoms with Crippen molar-refractivity contribution in [3.8, 4) is 0 Å². The number of H-pyrrole nitrogens is 1. The summed E-state index contributed by atoms with van der Waals surface area (Å²) in [5, 5.41) is 0. The molecule has 0 unspecified atom stereocenters. The van der Waals surface area contributed by atoms with Gasteiger partial charge in [-0.3, -0.25) is 9.59 Å². The molecule has 1 rings (SSSR count). The highest BCUT2D eigenvalue weighted by molar-refractivity contribution is 5.97. The number of rotatable bonds is 1. The molecule has 11 heavy (non-hydrogen) atoms. The van der Waals surface area contributed by atoms with Gasteiger partial charge in [0.2, 0.25) is 5.56 Å². The normalized spacial score (nSPS) is 9.45. The number of nitrogens with two attached hydrogens (primary N) is 2. The van der Waals surface area contributed by atoms with Gasteiger partial charge in [-0.15, -0.1) is 0 Å². The van der Waals surface area contributed by atoms with Crippen LogP contribution in [-0.4, -0.2) is 10.9 Å². The van der Waals surface area contributed by atoms with Crippen molar-refractivity contribution in [2.45, 2.75) is 0 Å². The number of aromatic nitrogens is 1. The summed E-state index contributed by atoms with van der Waals surface area (Å²) in [4.78, 5) is 23.5.